The fraction of sp³-hybridized carbons (Fsp3) is 0.367. The number of allylic oxidation sites excluding steroid dienone is 3. The number of nitrogens with zero attached hydrogens (tertiary/aromatic N) is 4. The van der Waals surface area contributed by atoms with Crippen LogP contribution in [0.2, 0.25) is 5.02 Å². The second-order valence-electron chi connectivity index (χ2n) is 16.9. The summed E-state index contributed by atoms with van der Waals surface area (Å²) in [5, 5.41) is 3.70. The summed E-state index contributed by atoms with van der Waals surface area (Å²) < 4.78 is 98.3. The SMILES string of the molecule is C=C/C(=C\C=C(/C)N1CCN(Cc2ccccc2-c2ccc(Cl)cc2)CC1)C(=O)NS(=O)(=O)c1ccc(N[C@H](CCN2CCC(N(C)C)CC2)CSc2ccccc2)c(S(=O)(=O)C(F)(F)F)c1. The number of hydrogen-bond acceptors (Lipinski definition) is 11. The number of alkyl halides is 3. The van der Waals surface area contributed by atoms with Gasteiger partial charge in [0.05, 0.1) is 10.6 Å². The van der Waals surface area contributed by atoms with Crippen LogP contribution in [0, 0.1) is 0 Å². The molecule has 360 valence electrons. The molecular weight excluding hydrogens is 941 g/mol. The van der Waals surface area contributed by atoms with Gasteiger partial charge in [0.1, 0.15) is 4.90 Å². The highest BCUT2D eigenvalue weighted by atomic mass is 35.5. The van der Waals surface area contributed by atoms with Crippen molar-refractivity contribution in [3.63, 3.8) is 0 Å². The highest BCUT2D eigenvalue weighted by Gasteiger charge is 2.48. The molecule has 2 saturated heterocycles. The molecule has 0 unspecified atom stereocenters. The van der Waals surface area contributed by atoms with Gasteiger partial charge in [0.25, 0.3) is 25.8 Å². The maximum Gasteiger partial charge on any atom is 0.501 e. The Morgan fingerprint density at radius 3 is 2.18 bits per heavy atom. The summed E-state index contributed by atoms with van der Waals surface area (Å²) in [7, 11) is -6.87. The summed E-state index contributed by atoms with van der Waals surface area (Å²) in [6, 6.07) is 27.8. The fourth-order valence-electron chi connectivity index (χ4n) is 8.13. The van der Waals surface area contributed by atoms with Crippen molar-refractivity contribution in [3.05, 3.63) is 144 Å². The van der Waals surface area contributed by atoms with E-state index < -0.39 is 52.8 Å². The molecule has 0 aromatic heterocycles. The van der Waals surface area contributed by atoms with Crippen molar-refractivity contribution in [2.24, 2.45) is 0 Å². The Bertz CT molecular complexity index is 2620. The van der Waals surface area contributed by atoms with Gasteiger partial charge in [-0.3, -0.25) is 9.69 Å². The number of amides is 1. The van der Waals surface area contributed by atoms with E-state index in [0.717, 1.165) is 85.5 Å². The van der Waals surface area contributed by atoms with Crippen molar-refractivity contribution in [2.75, 3.05) is 71.0 Å². The first-order valence-corrected chi connectivity index (χ1v) is 26.4. The van der Waals surface area contributed by atoms with E-state index in [9.17, 15) is 34.8 Å². The van der Waals surface area contributed by atoms with Crippen LogP contribution in [0.3, 0.4) is 0 Å². The van der Waals surface area contributed by atoms with Gasteiger partial charge in [-0.15, -0.1) is 11.8 Å². The summed E-state index contributed by atoms with van der Waals surface area (Å²) >= 11 is 7.58. The van der Waals surface area contributed by atoms with Crippen molar-refractivity contribution in [2.45, 2.75) is 65.0 Å². The molecule has 2 heterocycles. The van der Waals surface area contributed by atoms with E-state index in [-0.39, 0.29) is 5.57 Å². The summed E-state index contributed by atoms with van der Waals surface area (Å²) in [6.07, 6.45) is 6.64. The molecule has 1 amide bonds. The molecule has 2 N–H and O–H groups in total. The number of sulfone groups is 1. The number of nitrogens with one attached hydrogen (secondary N) is 2. The summed E-state index contributed by atoms with van der Waals surface area (Å²) in [4.78, 5) is 21.2. The molecule has 2 aliphatic heterocycles. The maximum absolute atomic E-state index is 14.3. The van der Waals surface area contributed by atoms with Crippen LogP contribution in [0.25, 0.3) is 11.1 Å². The Balaban J connectivity index is 1.14. The molecule has 0 radical (unpaired) electrons. The Kier molecular flexibility index (Phi) is 17.9. The normalized spacial score (nSPS) is 16.8. The molecule has 4 aromatic rings. The second-order valence-corrected chi connectivity index (χ2v) is 22.0. The molecule has 0 aliphatic carbocycles. The van der Waals surface area contributed by atoms with Gasteiger partial charge in [-0.25, -0.2) is 21.6 Å². The van der Waals surface area contributed by atoms with Gasteiger partial charge < -0.3 is 20.0 Å². The Morgan fingerprint density at radius 1 is 0.881 bits per heavy atom. The van der Waals surface area contributed by atoms with Crippen LogP contribution in [0.15, 0.2) is 148 Å². The first-order valence-electron chi connectivity index (χ1n) is 22.0. The lowest BCUT2D eigenvalue weighted by Gasteiger charge is -2.36. The van der Waals surface area contributed by atoms with Gasteiger partial charge in [-0.05, 0) is 125 Å². The van der Waals surface area contributed by atoms with Crippen LogP contribution >= 0.6 is 23.4 Å². The molecule has 1 atom stereocenters. The standard InChI is InChI=1S/C49H58ClF3N6O5S3/c1-5-37(16-15-36(2)59-31-29-58(30-32-59)34-39-11-9-10-14-45(39)38-17-19-40(50)20-18-38)48(60)55-67(63,64)44-21-22-46(47(33-44)66(61,62)49(51,52)53)54-41(35-65-43-12-7-6-8-13-43)23-26-57-27-24-42(25-28-57)56(3)4/h5-22,33,41-42,54H,1,23-32,34-35H2,2-4H3,(H,55,60)/b36-15+,37-16+/t41-/m1/s1. The molecule has 6 rings (SSSR count). The van der Waals surface area contributed by atoms with Gasteiger partial charge in [0.2, 0.25) is 0 Å². The van der Waals surface area contributed by atoms with Gasteiger partial charge in [-0.2, -0.15) is 13.2 Å². The number of likely N-dealkylation sites (tertiary alicyclic amines) is 1. The molecule has 18 heteroatoms. The van der Waals surface area contributed by atoms with Crippen LogP contribution in [0.4, 0.5) is 18.9 Å². The van der Waals surface area contributed by atoms with Gasteiger partial charge >= 0.3 is 5.51 Å². The summed E-state index contributed by atoms with van der Waals surface area (Å²) in [5.74, 6) is -0.722. The number of carbonyl (C=O) groups excluding carboxylic acids is 1. The minimum atomic E-state index is -6.07. The van der Waals surface area contributed by atoms with E-state index in [1.165, 1.54) is 23.4 Å². The van der Waals surface area contributed by atoms with Crippen LogP contribution in [-0.4, -0.2) is 126 Å². The first kappa shape index (κ1) is 51.8. The number of piperidine rings is 1. The maximum atomic E-state index is 14.3. The Hall–Kier alpha value is -4.62. The van der Waals surface area contributed by atoms with Gasteiger partial charge in [0, 0.05) is 78.3 Å². The molecule has 0 bridgehead atoms. The number of sulfonamides is 1. The Labute approximate surface area is 402 Å². The van der Waals surface area contributed by atoms with Crippen LogP contribution < -0.4 is 10.0 Å². The first-order chi connectivity index (χ1) is 31.8. The Morgan fingerprint density at radius 2 is 1.54 bits per heavy atom. The second kappa shape index (κ2) is 23.1. The van der Waals surface area contributed by atoms with E-state index in [0.29, 0.717) is 48.9 Å². The zero-order valence-corrected chi connectivity index (χ0v) is 41.1. The van der Waals surface area contributed by atoms with E-state index >= 15 is 0 Å². The smallest absolute Gasteiger partial charge is 0.380 e. The van der Waals surface area contributed by atoms with Crippen molar-refractivity contribution < 1.29 is 34.8 Å². The number of anilines is 1. The lowest BCUT2D eigenvalue weighted by molar-refractivity contribution is -0.115. The average molecular weight is 1000 g/mol. The van der Waals surface area contributed by atoms with Crippen molar-refractivity contribution in [1.82, 2.24) is 24.3 Å². The predicted octanol–water partition coefficient (Wildman–Crippen LogP) is 8.93. The van der Waals surface area contributed by atoms with Gasteiger partial charge in [-0.1, -0.05) is 78.9 Å². The summed E-state index contributed by atoms with van der Waals surface area (Å²) in [5.41, 5.74) is -2.06. The third kappa shape index (κ3) is 14.0. The van der Waals surface area contributed by atoms with Gasteiger partial charge in [0.15, 0.2) is 0 Å². The van der Waals surface area contributed by atoms with Crippen molar-refractivity contribution in [3.8, 4) is 11.1 Å². The number of benzene rings is 4. The number of thioether (sulfide) groups is 1. The third-order valence-electron chi connectivity index (χ3n) is 12.1. The highest BCUT2D eigenvalue weighted by Crippen LogP contribution is 2.37. The minimum Gasteiger partial charge on any atom is -0.380 e. The fourth-order valence-corrected chi connectivity index (χ4v) is 11.3. The van der Waals surface area contributed by atoms with Crippen LogP contribution in [0.1, 0.15) is 31.7 Å². The van der Waals surface area contributed by atoms with Crippen molar-refractivity contribution in [1.29, 1.82) is 0 Å². The number of halogens is 4. The van der Waals surface area contributed by atoms with E-state index in [1.54, 1.807) is 6.08 Å². The molecule has 0 spiro atoms. The topological polar surface area (TPSA) is 122 Å². The molecular formula is C49H58ClF3N6O5S3. The molecule has 2 aliphatic rings. The average Bonchev–Trinajstić information content (AvgIpc) is 3.30. The zero-order valence-electron chi connectivity index (χ0n) is 37.9. The molecule has 4 aromatic carbocycles. The lowest BCUT2D eigenvalue weighted by Crippen LogP contribution is -2.45. The monoisotopic (exact) mass is 998 g/mol. The summed E-state index contributed by atoms with van der Waals surface area (Å²) in [6.45, 7) is 11.5. The van der Waals surface area contributed by atoms with Crippen LogP contribution in [-0.2, 0) is 31.2 Å². The zero-order chi connectivity index (χ0) is 48.4. The molecule has 11 nitrogen and oxygen atoms in total. The predicted molar refractivity (Wildman–Crippen MR) is 263 cm³/mol. The van der Waals surface area contributed by atoms with Crippen molar-refractivity contribution >= 4 is 54.8 Å². The van der Waals surface area contributed by atoms with Crippen LogP contribution in [0.5, 0.6) is 0 Å². The number of piperazine rings is 1. The number of hydrogen-bond donors (Lipinski definition) is 2. The highest BCUT2D eigenvalue weighted by molar-refractivity contribution is 7.99. The minimum absolute atomic E-state index is 0.133. The van der Waals surface area contributed by atoms with E-state index in [4.69, 9.17) is 11.6 Å². The largest absolute Gasteiger partial charge is 0.501 e. The van der Waals surface area contributed by atoms with E-state index in [2.05, 4.69) is 43.6 Å². The number of carbonyl (C=O) groups is 1. The molecule has 67 heavy (non-hydrogen) atoms. The van der Waals surface area contributed by atoms with E-state index in [1.807, 2.05) is 92.5 Å². The quantitative estimate of drug-likeness (QED) is 0.0532. The number of rotatable bonds is 19. The third-order valence-corrected chi connectivity index (χ3v) is 16.4. The molecule has 2 fully saturated rings. The lowest BCUT2D eigenvalue weighted by atomic mass is 9.99. The molecule has 0 saturated carbocycles.